The highest BCUT2D eigenvalue weighted by atomic mass is 16.6. The maximum Gasteiger partial charge on any atom is 0.279 e. The van der Waals surface area contributed by atoms with Crippen LogP contribution in [0.5, 0.6) is 0 Å². The predicted molar refractivity (Wildman–Crippen MR) is 148 cm³/mol. The molecule has 0 aliphatic heterocycles. The molecule has 8 heteroatoms. The summed E-state index contributed by atoms with van der Waals surface area (Å²) < 4.78 is 4.38. The molecule has 0 bridgehead atoms. The van der Waals surface area contributed by atoms with Gasteiger partial charge in [0.05, 0.1) is 28.8 Å². The molecule has 0 radical (unpaired) electrons. The molecule has 2 aromatic carbocycles. The second-order valence-corrected chi connectivity index (χ2v) is 10.7. The Kier molecular flexibility index (Phi) is 6.70. The molecule has 196 valence electrons. The van der Waals surface area contributed by atoms with Gasteiger partial charge in [-0.1, -0.05) is 67.2 Å². The third-order valence-corrected chi connectivity index (χ3v) is 8.34. The Morgan fingerprint density at radius 3 is 2.37 bits per heavy atom. The number of anilines is 1. The summed E-state index contributed by atoms with van der Waals surface area (Å²) >= 11 is 0. The lowest BCUT2D eigenvalue weighted by molar-refractivity contribution is -0.712. The van der Waals surface area contributed by atoms with Gasteiger partial charge in [0.1, 0.15) is 0 Å². The molecule has 8 nitrogen and oxygen atoms in total. The van der Waals surface area contributed by atoms with Crippen LogP contribution in [-0.4, -0.2) is 26.3 Å². The van der Waals surface area contributed by atoms with Crippen molar-refractivity contribution in [3.63, 3.8) is 0 Å². The van der Waals surface area contributed by atoms with Gasteiger partial charge >= 0.3 is 0 Å². The molecule has 2 fully saturated rings. The topological polar surface area (TPSA) is 96.0 Å². The molecule has 0 unspecified atom stereocenters. The molecular formula is C30H34N5O3+. The molecule has 0 saturated heterocycles. The minimum Gasteiger partial charge on any atom is -0.410 e. The summed E-state index contributed by atoms with van der Waals surface area (Å²) in [6.45, 7) is 0. The number of rotatable bonds is 6. The van der Waals surface area contributed by atoms with E-state index in [9.17, 15) is 15.3 Å². The van der Waals surface area contributed by atoms with Crippen molar-refractivity contribution in [3.8, 4) is 0 Å². The van der Waals surface area contributed by atoms with Crippen LogP contribution in [0.4, 0.5) is 11.5 Å². The first-order valence-electron chi connectivity index (χ1n) is 13.9. The molecule has 0 amide bonds. The molecule has 2 heterocycles. The minimum atomic E-state index is -0.405. The van der Waals surface area contributed by atoms with Gasteiger partial charge in [-0.2, -0.15) is 0 Å². The molecule has 2 N–H and O–H groups in total. The molecule has 4 aromatic rings. The number of para-hydroxylation sites is 1. The Hall–Kier alpha value is -3.94. The Morgan fingerprint density at radius 1 is 0.947 bits per heavy atom. The van der Waals surface area contributed by atoms with Crippen LogP contribution in [0.3, 0.4) is 0 Å². The maximum atomic E-state index is 12.0. The molecule has 38 heavy (non-hydrogen) atoms. The van der Waals surface area contributed by atoms with E-state index in [1.165, 1.54) is 31.7 Å². The number of nitro groups is 1. The number of oxime groups is 1. The van der Waals surface area contributed by atoms with Crippen molar-refractivity contribution < 1.29 is 14.7 Å². The maximum absolute atomic E-state index is 12.0. The van der Waals surface area contributed by atoms with Gasteiger partial charge in [0.25, 0.3) is 17.3 Å². The number of hydrogen-bond acceptors (Lipinski definition) is 5. The number of fused-ring (bicyclic) bond motifs is 3. The smallest absolute Gasteiger partial charge is 0.279 e. The van der Waals surface area contributed by atoms with Gasteiger partial charge in [0.15, 0.2) is 11.2 Å². The van der Waals surface area contributed by atoms with E-state index in [-0.39, 0.29) is 17.4 Å². The van der Waals surface area contributed by atoms with E-state index in [0.29, 0.717) is 17.4 Å². The van der Waals surface area contributed by atoms with Gasteiger partial charge in [0, 0.05) is 11.5 Å². The molecule has 0 spiro atoms. The van der Waals surface area contributed by atoms with E-state index in [2.05, 4.69) is 37.6 Å². The van der Waals surface area contributed by atoms with Gasteiger partial charge in [0.2, 0.25) is 0 Å². The van der Waals surface area contributed by atoms with Crippen molar-refractivity contribution in [2.24, 2.45) is 5.16 Å². The van der Waals surface area contributed by atoms with E-state index in [1.807, 2.05) is 18.3 Å². The molecule has 2 aliphatic rings. The van der Waals surface area contributed by atoms with Crippen LogP contribution in [0.1, 0.15) is 81.6 Å². The Labute approximate surface area is 221 Å². The average molecular weight is 513 g/mol. The van der Waals surface area contributed by atoms with Crippen LogP contribution >= 0.6 is 0 Å². The van der Waals surface area contributed by atoms with Crippen molar-refractivity contribution in [2.45, 2.75) is 76.3 Å². The van der Waals surface area contributed by atoms with E-state index < -0.39 is 4.92 Å². The zero-order chi connectivity index (χ0) is 26.1. The van der Waals surface area contributed by atoms with Crippen molar-refractivity contribution in [3.05, 3.63) is 82.3 Å². The number of aromatic nitrogens is 2. The zero-order valence-corrected chi connectivity index (χ0v) is 21.6. The van der Waals surface area contributed by atoms with Crippen molar-refractivity contribution in [2.75, 3.05) is 5.32 Å². The van der Waals surface area contributed by atoms with Gasteiger partial charge in [-0.3, -0.25) is 15.4 Å². The van der Waals surface area contributed by atoms with Crippen LogP contribution in [-0.2, 0) is 0 Å². The molecular weight excluding hydrogens is 478 g/mol. The van der Waals surface area contributed by atoms with Crippen LogP contribution in [0.15, 0.2) is 65.9 Å². The van der Waals surface area contributed by atoms with E-state index in [0.717, 1.165) is 60.6 Å². The molecule has 0 atom stereocenters. The largest absolute Gasteiger partial charge is 0.410 e. The van der Waals surface area contributed by atoms with E-state index >= 15 is 0 Å². The minimum absolute atomic E-state index is 0.0759. The quantitative estimate of drug-likeness (QED) is 0.0980. The summed E-state index contributed by atoms with van der Waals surface area (Å²) in [6, 6.07) is 17.5. The monoisotopic (exact) mass is 512 g/mol. The summed E-state index contributed by atoms with van der Waals surface area (Å²) in [5, 5.41) is 32.4. The second-order valence-electron chi connectivity index (χ2n) is 10.7. The van der Waals surface area contributed by atoms with E-state index in [1.54, 1.807) is 18.2 Å². The SMILES string of the molecule is O=[N+]([O-])c1ccccc1/C(=N/O)c1n2ccc3ccccc3c2c(NC2CCCCC2)[n+]1C1CCCCC1. The first-order chi connectivity index (χ1) is 18.7. The summed E-state index contributed by atoms with van der Waals surface area (Å²) in [6.07, 6.45) is 13.4. The fourth-order valence-electron chi connectivity index (χ4n) is 6.52. The Balaban J connectivity index is 1.68. The number of nitro benzene ring substituents is 1. The number of nitrogens with zero attached hydrogens (tertiary/aromatic N) is 4. The van der Waals surface area contributed by atoms with Gasteiger partial charge in [-0.05, 0) is 56.0 Å². The third-order valence-electron chi connectivity index (χ3n) is 8.34. The number of imidazole rings is 1. The third kappa shape index (κ3) is 4.27. The van der Waals surface area contributed by atoms with E-state index in [4.69, 9.17) is 0 Å². The average Bonchev–Trinajstić information content (AvgIpc) is 3.28. The van der Waals surface area contributed by atoms with Crippen molar-refractivity contribution in [1.82, 2.24) is 4.40 Å². The lowest BCUT2D eigenvalue weighted by atomic mass is 9.94. The van der Waals surface area contributed by atoms with Gasteiger partial charge in [-0.15, -0.1) is 0 Å². The van der Waals surface area contributed by atoms with Gasteiger partial charge < -0.3 is 5.21 Å². The second kappa shape index (κ2) is 10.4. The van der Waals surface area contributed by atoms with Crippen LogP contribution in [0.2, 0.25) is 0 Å². The summed E-state index contributed by atoms with van der Waals surface area (Å²) in [5.74, 6) is 1.70. The normalized spacial score (nSPS) is 17.7. The highest BCUT2D eigenvalue weighted by molar-refractivity contribution is 6.13. The zero-order valence-electron chi connectivity index (χ0n) is 21.6. The summed E-state index contributed by atoms with van der Waals surface area (Å²) in [4.78, 5) is 11.6. The first-order valence-corrected chi connectivity index (χ1v) is 13.9. The van der Waals surface area contributed by atoms with Crippen LogP contribution in [0, 0.1) is 10.1 Å². The Bertz CT molecular complexity index is 1510. The number of hydrogen-bond donors (Lipinski definition) is 2. The fourth-order valence-corrected chi connectivity index (χ4v) is 6.52. The lowest BCUT2D eigenvalue weighted by Crippen LogP contribution is -2.48. The summed E-state index contributed by atoms with van der Waals surface area (Å²) in [5.41, 5.74) is 1.47. The highest BCUT2D eigenvalue weighted by Crippen LogP contribution is 2.35. The lowest BCUT2D eigenvalue weighted by Gasteiger charge is -2.25. The molecule has 6 rings (SSSR count). The molecule has 2 aromatic heterocycles. The number of nitrogens with one attached hydrogen (secondary N) is 1. The first kappa shape index (κ1) is 24.4. The van der Waals surface area contributed by atoms with Crippen molar-refractivity contribution >= 4 is 33.5 Å². The summed E-state index contributed by atoms with van der Waals surface area (Å²) in [7, 11) is 0. The Morgan fingerprint density at radius 2 is 1.63 bits per heavy atom. The van der Waals surface area contributed by atoms with Crippen LogP contribution < -0.4 is 9.88 Å². The standard InChI is InChI=1S/C30H33N5O3/c36-32-27(25-17-9-10-18-26(25)35(37)38)30-33-20-19-21-11-7-8-16-24(21)28(33)29(31-22-12-3-1-4-13-22)34(30)23-14-5-2-6-15-23/h7-11,16-20,22-23,31H,1-6,12-15H2/p+1. The molecule has 2 aliphatic carbocycles. The predicted octanol–water partition coefficient (Wildman–Crippen LogP) is 6.76. The fraction of sp³-hybridized carbons (Fsp3) is 0.400. The highest BCUT2D eigenvalue weighted by Gasteiger charge is 2.38. The molecule has 2 saturated carbocycles. The van der Waals surface area contributed by atoms with Gasteiger partial charge in [-0.25, -0.2) is 8.97 Å². The van der Waals surface area contributed by atoms with Crippen LogP contribution in [0.25, 0.3) is 16.3 Å². The number of pyridine rings is 1. The number of benzene rings is 2. The van der Waals surface area contributed by atoms with Crippen molar-refractivity contribution in [1.29, 1.82) is 0 Å².